The highest BCUT2D eigenvalue weighted by Gasteiger charge is 2.53. The van der Waals surface area contributed by atoms with Crippen LogP contribution in [0.3, 0.4) is 0 Å². The summed E-state index contributed by atoms with van der Waals surface area (Å²) in [6, 6.07) is 17.0. The quantitative estimate of drug-likeness (QED) is 0.0421. The lowest BCUT2D eigenvalue weighted by atomic mass is 10.2. The van der Waals surface area contributed by atoms with Crippen LogP contribution in [0.15, 0.2) is 156 Å². The van der Waals surface area contributed by atoms with Gasteiger partial charge in [0.2, 0.25) is 0 Å². The maximum Gasteiger partial charge on any atom is 0.347 e. The third-order valence-electron chi connectivity index (χ3n) is 11.2. The van der Waals surface area contributed by atoms with E-state index >= 15 is 0 Å². The molecule has 82 heavy (non-hydrogen) atoms. The van der Waals surface area contributed by atoms with Crippen LogP contribution >= 0.6 is 21.6 Å². The van der Waals surface area contributed by atoms with E-state index in [-0.39, 0.29) is 45.5 Å². The molecule has 4 N–H and O–H groups in total. The van der Waals surface area contributed by atoms with Gasteiger partial charge in [0, 0.05) is 95.5 Å². The van der Waals surface area contributed by atoms with E-state index in [4.69, 9.17) is 0 Å². The molecule has 2 atom stereocenters. The largest absolute Gasteiger partial charge is 0.347 e. The first-order chi connectivity index (χ1) is 39.1. The molecule has 0 bridgehead atoms. The molecule has 0 aromatic heterocycles. The van der Waals surface area contributed by atoms with Crippen LogP contribution in [0.2, 0.25) is 0 Å². The van der Waals surface area contributed by atoms with Crippen LogP contribution in [0.4, 0.5) is 97.0 Å². The number of hydrogen-bond acceptors (Lipinski definition) is 20. The fourth-order valence-corrected chi connectivity index (χ4v) is 10.3. The molecule has 2 saturated heterocycles. The zero-order valence-corrected chi connectivity index (χ0v) is 42.2. The van der Waals surface area contributed by atoms with Gasteiger partial charge < -0.3 is 21.3 Å². The van der Waals surface area contributed by atoms with Crippen molar-refractivity contribution in [3.05, 3.63) is 206 Å². The molecular formula is C46H30N16O18S2. The molecule has 0 saturated carbocycles. The zero-order valence-electron chi connectivity index (χ0n) is 40.5. The smallest absolute Gasteiger partial charge is 0.307 e. The van der Waals surface area contributed by atoms with Gasteiger partial charge in [-0.15, -0.1) is 0 Å². The Morgan fingerprint density at radius 2 is 0.585 bits per heavy atom. The van der Waals surface area contributed by atoms with E-state index in [2.05, 4.69) is 31.3 Å². The van der Waals surface area contributed by atoms with Gasteiger partial charge in [0.15, 0.2) is 22.4 Å². The summed E-state index contributed by atoms with van der Waals surface area (Å²) >= 11 is 0. The molecule has 2 unspecified atom stereocenters. The maximum absolute atomic E-state index is 14.9. The normalized spacial score (nSPS) is 15.7. The van der Waals surface area contributed by atoms with E-state index in [1.165, 1.54) is 0 Å². The number of amides is 12. The lowest BCUT2D eigenvalue weighted by Gasteiger charge is -2.24. The first-order valence-electron chi connectivity index (χ1n) is 22.5. The zero-order chi connectivity index (χ0) is 59.1. The van der Waals surface area contributed by atoms with Crippen molar-refractivity contribution < 1.29 is 58.3 Å². The molecule has 36 heteroatoms. The lowest BCUT2D eigenvalue weighted by molar-refractivity contribution is -0.385. The molecule has 2 aliphatic heterocycles. The van der Waals surface area contributed by atoms with Crippen LogP contribution in [-0.2, 0) is 0 Å². The van der Waals surface area contributed by atoms with Crippen molar-refractivity contribution in [3.8, 4) is 0 Å². The van der Waals surface area contributed by atoms with E-state index in [9.17, 15) is 89.5 Å². The second-order valence-electron chi connectivity index (χ2n) is 16.3. The standard InChI is InChI=1S/C46H30N16O18S2/c63-41(47-25-1-9-31(10-2-25)57(69)70)51-37-39(55(43(65)49-27-5-13-33(14-6-27)59(73)74)45(67)53(37)29-17-21-35(22-18-29)61(77)78)81-82-40-38(52-42(64)48-26-3-11-32(12-4-26)58(71)72)54(30-19-23-36(24-20-30)62(79)80)46(68)56(40)44(66)50-28-7-15-34(16-8-28)60(75)76/h1-24,39-40H,(H,47,63)(H,48,64)(H,49,65)(H,50,66)/b51-37-,52-38-. The Balaban J connectivity index is 1.28. The van der Waals surface area contributed by atoms with Gasteiger partial charge in [-0.25, -0.2) is 48.4 Å². The number of imide groups is 2. The highest BCUT2D eigenvalue weighted by Crippen LogP contribution is 2.45. The number of carbonyl (C=O) groups is 6. The number of anilines is 6. The second kappa shape index (κ2) is 23.8. The number of benzene rings is 6. The number of rotatable bonds is 15. The third kappa shape index (κ3) is 12.5. The van der Waals surface area contributed by atoms with Gasteiger partial charge in [0.25, 0.3) is 34.1 Å². The van der Waals surface area contributed by atoms with Crippen LogP contribution in [0.5, 0.6) is 0 Å². The predicted octanol–water partition coefficient (Wildman–Crippen LogP) is 10.1. The second-order valence-corrected chi connectivity index (χ2v) is 18.7. The minimum atomic E-state index is -1.97. The van der Waals surface area contributed by atoms with E-state index in [0.29, 0.717) is 41.2 Å². The minimum absolute atomic E-state index is 0.0872. The molecule has 414 valence electrons. The van der Waals surface area contributed by atoms with Crippen LogP contribution < -0.4 is 31.1 Å². The summed E-state index contributed by atoms with van der Waals surface area (Å²) < 4.78 is 0. The van der Waals surface area contributed by atoms with Crippen LogP contribution in [0.1, 0.15) is 0 Å². The SMILES string of the molecule is O=C(/N=C1/C(SSC2/C(=N/C(=O)Nc3ccc([N+](=O)[O-])cc3)N(c3ccc([N+](=O)[O-])cc3)C(=O)N2C(=O)Nc2ccc([N+](=O)[O-])cc2)N(C(=O)Nc2ccc([N+](=O)[O-])cc2)C(=O)N1c1ccc([N+](=O)[O-])cc1)Nc1ccc([N+](=O)[O-])cc1. The topological polar surface area (TPSA) is 447 Å². The monoisotopic (exact) mass is 1160 g/mol. The summed E-state index contributed by atoms with van der Waals surface area (Å²) in [5, 5.41) is 74.7. The number of carbonyl (C=O) groups excluding carboxylic acids is 6. The summed E-state index contributed by atoms with van der Waals surface area (Å²) in [5.74, 6) is -1.38. The highest BCUT2D eigenvalue weighted by molar-refractivity contribution is 8.77. The van der Waals surface area contributed by atoms with Crippen molar-refractivity contribution in [1.29, 1.82) is 0 Å². The van der Waals surface area contributed by atoms with Gasteiger partial charge in [-0.3, -0.25) is 60.7 Å². The van der Waals surface area contributed by atoms with Crippen molar-refractivity contribution in [3.63, 3.8) is 0 Å². The van der Waals surface area contributed by atoms with E-state index in [1.807, 2.05) is 0 Å². The van der Waals surface area contributed by atoms with Crippen molar-refractivity contribution >= 4 is 138 Å². The Kier molecular flexibility index (Phi) is 16.4. The first-order valence-corrected chi connectivity index (χ1v) is 24.8. The van der Waals surface area contributed by atoms with Crippen LogP contribution in [0, 0.1) is 60.7 Å². The van der Waals surface area contributed by atoms with Crippen molar-refractivity contribution in [1.82, 2.24) is 9.80 Å². The molecule has 8 rings (SSSR count). The number of nitrogens with zero attached hydrogens (tertiary/aromatic N) is 12. The molecule has 2 fully saturated rings. The fourth-order valence-electron chi connectivity index (χ4n) is 7.41. The maximum atomic E-state index is 14.9. The van der Waals surface area contributed by atoms with E-state index in [1.54, 1.807) is 0 Å². The van der Waals surface area contributed by atoms with Gasteiger partial charge in [-0.2, -0.15) is 9.98 Å². The molecule has 6 aromatic carbocycles. The van der Waals surface area contributed by atoms with Crippen molar-refractivity contribution in [2.24, 2.45) is 9.98 Å². The van der Waals surface area contributed by atoms with E-state index < -0.39 is 111 Å². The van der Waals surface area contributed by atoms with Gasteiger partial charge in [-0.1, -0.05) is 21.6 Å². The Bertz CT molecular complexity index is 3470. The summed E-state index contributed by atoms with van der Waals surface area (Å²) in [4.78, 5) is 162. The number of hydrogen-bond donors (Lipinski definition) is 4. The number of amidine groups is 2. The summed E-state index contributed by atoms with van der Waals surface area (Å²) in [6.45, 7) is 0. The molecule has 34 nitrogen and oxygen atoms in total. The van der Waals surface area contributed by atoms with Gasteiger partial charge >= 0.3 is 36.2 Å². The Hall–Kier alpha value is -11.8. The Morgan fingerprint density at radius 1 is 0.366 bits per heavy atom. The first kappa shape index (κ1) is 56.4. The average Bonchev–Trinajstić information content (AvgIpc) is 4.13. The molecular weight excluding hydrogens is 1130 g/mol. The van der Waals surface area contributed by atoms with Crippen molar-refractivity contribution in [2.45, 2.75) is 10.7 Å². The lowest BCUT2D eigenvalue weighted by Crippen LogP contribution is -2.43. The molecule has 6 aromatic rings. The van der Waals surface area contributed by atoms with E-state index in [0.717, 1.165) is 146 Å². The Morgan fingerprint density at radius 3 is 0.817 bits per heavy atom. The van der Waals surface area contributed by atoms with Crippen LogP contribution in [-0.4, -0.2) is 97.9 Å². The summed E-state index contributed by atoms with van der Waals surface area (Å²) in [7, 11) is 0.757. The number of non-ortho nitro benzene ring substituents is 6. The van der Waals surface area contributed by atoms with Gasteiger partial charge in [0.05, 0.1) is 40.9 Å². The number of aliphatic imine (C=N–C) groups is 2. The molecule has 0 aliphatic carbocycles. The molecule has 2 aliphatic rings. The average molecular weight is 1160 g/mol. The molecule has 0 spiro atoms. The minimum Gasteiger partial charge on any atom is -0.307 e. The molecule has 12 amide bonds. The summed E-state index contributed by atoms with van der Waals surface area (Å²) in [6.07, 6.45) is 0. The molecule has 0 radical (unpaired) electrons. The number of nitrogens with one attached hydrogen (secondary N) is 4. The Labute approximate surface area is 462 Å². The van der Waals surface area contributed by atoms with Gasteiger partial charge in [0.1, 0.15) is 0 Å². The number of nitro groups is 6. The third-order valence-corrected chi connectivity index (χ3v) is 14.0. The number of urea groups is 6. The fraction of sp³-hybridized carbons (Fsp3) is 0.0435. The molecule has 2 heterocycles. The van der Waals surface area contributed by atoms with Gasteiger partial charge in [-0.05, 0) is 72.8 Å². The summed E-state index contributed by atoms with van der Waals surface area (Å²) in [5.41, 5.74) is -3.56. The predicted molar refractivity (Wildman–Crippen MR) is 292 cm³/mol. The number of nitro benzene ring substituents is 6. The van der Waals surface area contributed by atoms with Crippen molar-refractivity contribution in [2.75, 3.05) is 31.1 Å². The van der Waals surface area contributed by atoms with Crippen LogP contribution in [0.25, 0.3) is 0 Å². The highest BCUT2D eigenvalue weighted by atomic mass is 33.1.